The molecule has 1 unspecified atom stereocenters. The topological polar surface area (TPSA) is 53.1 Å². The number of aromatic nitrogens is 2. The number of hydrogen-bond donors (Lipinski definition) is 2. The molecule has 0 saturated heterocycles. The van der Waals surface area contributed by atoms with Gasteiger partial charge in [0.1, 0.15) is 18.0 Å². The molecule has 0 fully saturated rings. The maximum Gasteiger partial charge on any atom is 0.131 e. The van der Waals surface area contributed by atoms with Crippen LogP contribution in [0.15, 0.2) is 12.4 Å². The van der Waals surface area contributed by atoms with E-state index >= 15 is 0 Å². The summed E-state index contributed by atoms with van der Waals surface area (Å²) in [5.41, 5.74) is 0. The summed E-state index contributed by atoms with van der Waals surface area (Å²) < 4.78 is 0. The Morgan fingerprint density at radius 2 is 2.00 bits per heavy atom. The Labute approximate surface area is 104 Å². The smallest absolute Gasteiger partial charge is 0.131 e. The summed E-state index contributed by atoms with van der Waals surface area (Å²) in [7, 11) is 4.17. The Bertz CT molecular complexity index is 326. The molecule has 0 aliphatic rings. The van der Waals surface area contributed by atoms with Crippen LogP contribution in [-0.2, 0) is 0 Å². The highest BCUT2D eigenvalue weighted by Crippen LogP contribution is 2.10. The van der Waals surface area contributed by atoms with E-state index in [9.17, 15) is 0 Å². The maximum atomic E-state index is 4.21. The summed E-state index contributed by atoms with van der Waals surface area (Å²) in [4.78, 5) is 10.5. The van der Waals surface area contributed by atoms with Crippen molar-refractivity contribution < 1.29 is 0 Å². The standard InChI is InChI=1S/C12H23N5/c1-5-13-11-8-12(15-9-14-11)16-10(2)6-7-17(3)4/h8-10H,5-7H2,1-4H3,(H2,13,14,15,16). The van der Waals surface area contributed by atoms with Crippen LogP contribution in [0.1, 0.15) is 20.3 Å². The molecule has 1 aromatic heterocycles. The van der Waals surface area contributed by atoms with Gasteiger partial charge < -0.3 is 15.5 Å². The van der Waals surface area contributed by atoms with Gasteiger partial charge in [-0.25, -0.2) is 9.97 Å². The van der Waals surface area contributed by atoms with Gasteiger partial charge in [-0.3, -0.25) is 0 Å². The Kier molecular flexibility index (Phi) is 5.69. The molecule has 96 valence electrons. The predicted molar refractivity (Wildman–Crippen MR) is 72.5 cm³/mol. The minimum atomic E-state index is 0.404. The molecule has 0 saturated carbocycles. The Balaban J connectivity index is 2.46. The lowest BCUT2D eigenvalue weighted by atomic mass is 10.2. The van der Waals surface area contributed by atoms with Crippen molar-refractivity contribution in [3.63, 3.8) is 0 Å². The third kappa shape index (κ3) is 5.49. The van der Waals surface area contributed by atoms with Crippen LogP contribution in [0.2, 0.25) is 0 Å². The fourth-order valence-electron chi connectivity index (χ4n) is 1.49. The summed E-state index contributed by atoms with van der Waals surface area (Å²) in [5, 5.41) is 6.55. The largest absolute Gasteiger partial charge is 0.370 e. The summed E-state index contributed by atoms with van der Waals surface area (Å²) in [6.07, 6.45) is 2.67. The monoisotopic (exact) mass is 237 g/mol. The fraction of sp³-hybridized carbons (Fsp3) is 0.667. The van der Waals surface area contributed by atoms with Gasteiger partial charge in [0.05, 0.1) is 0 Å². The van der Waals surface area contributed by atoms with Gasteiger partial charge in [0.2, 0.25) is 0 Å². The molecule has 1 heterocycles. The third-order valence-electron chi connectivity index (χ3n) is 2.43. The molecule has 1 rings (SSSR count). The molecule has 0 amide bonds. The molecular formula is C12H23N5. The third-order valence-corrected chi connectivity index (χ3v) is 2.43. The van der Waals surface area contributed by atoms with Crippen LogP contribution in [0.5, 0.6) is 0 Å². The van der Waals surface area contributed by atoms with Crippen molar-refractivity contribution in [1.82, 2.24) is 14.9 Å². The van der Waals surface area contributed by atoms with Crippen LogP contribution < -0.4 is 10.6 Å². The quantitative estimate of drug-likeness (QED) is 0.755. The molecular weight excluding hydrogens is 214 g/mol. The second-order valence-corrected chi connectivity index (χ2v) is 4.46. The van der Waals surface area contributed by atoms with Gasteiger partial charge in [-0.15, -0.1) is 0 Å². The van der Waals surface area contributed by atoms with Crippen LogP contribution >= 0.6 is 0 Å². The molecule has 17 heavy (non-hydrogen) atoms. The van der Waals surface area contributed by atoms with Crippen LogP contribution in [0.25, 0.3) is 0 Å². The first-order valence-corrected chi connectivity index (χ1v) is 6.09. The van der Waals surface area contributed by atoms with Crippen LogP contribution in [0, 0.1) is 0 Å². The Morgan fingerprint density at radius 1 is 1.29 bits per heavy atom. The molecule has 0 aliphatic heterocycles. The van der Waals surface area contributed by atoms with Crippen molar-refractivity contribution in [3.8, 4) is 0 Å². The van der Waals surface area contributed by atoms with E-state index in [0.29, 0.717) is 6.04 Å². The fourth-order valence-corrected chi connectivity index (χ4v) is 1.49. The zero-order chi connectivity index (χ0) is 12.7. The van der Waals surface area contributed by atoms with E-state index in [0.717, 1.165) is 31.1 Å². The Morgan fingerprint density at radius 3 is 2.65 bits per heavy atom. The van der Waals surface area contributed by atoms with Crippen molar-refractivity contribution in [3.05, 3.63) is 12.4 Å². The number of hydrogen-bond acceptors (Lipinski definition) is 5. The highest BCUT2D eigenvalue weighted by molar-refractivity contribution is 5.46. The van der Waals surface area contributed by atoms with Gasteiger partial charge in [-0.1, -0.05) is 0 Å². The molecule has 0 aliphatic carbocycles. The first kappa shape index (κ1) is 13.7. The molecule has 1 aromatic rings. The molecule has 0 aromatic carbocycles. The van der Waals surface area contributed by atoms with Gasteiger partial charge in [0.15, 0.2) is 0 Å². The summed E-state index contributed by atoms with van der Waals surface area (Å²) in [6, 6.07) is 2.34. The predicted octanol–water partition coefficient (Wildman–Crippen LogP) is 1.66. The first-order chi connectivity index (χ1) is 8.11. The lowest BCUT2D eigenvalue weighted by Crippen LogP contribution is -2.23. The number of nitrogens with zero attached hydrogens (tertiary/aromatic N) is 3. The van der Waals surface area contributed by atoms with E-state index in [1.54, 1.807) is 6.33 Å². The van der Waals surface area contributed by atoms with Crippen molar-refractivity contribution in [2.45, 2.75) is 26.3 Å². The number of rotatable bonds is 7. The first-order valence-electron chi connectivity index (χ1n) is 6.09. The Hall–Kier alpha value is -1.36. The van der Waals surface area contributed by atoms with Crippen molar-refractivity contribution in [1.29, 1.82) is 0 Å². The zero-order valence-corrected chi connectivity index (χ0v) is 11.2. The van der Waals surface area contributed by atoms with Crippen LogP contribution in [0.4, 0.5) is 11.6 Å². The molecule has 0 bridgehead atoms. The van der Waals surface area contributed by atoms with Crippen molar-refractivity contribution >= 4 is 11.6 Å². The molecule has 5 nitrogen and oxygen atoms in total. The lowest BCUT2D eigenvalue weighted by Gasteiger charge is -2.17. The normalized spacial score (nSPS) is 12.5. The lowest BCUT2D eigenvalue weighted by molar-refractivity contribution is 0.390. The van der Waals surface area contributed by atoms with Gasteiger partial charge in [0.25, 0.3) is 0 Å². The van der Waals surface area contributed by atoms with Crippen molar-refractivity contribution in [2.75, 3.05) is 37.8 Å². The van der Waals surface area contributed by atoms with Crippen molar-refractivity contribution in [2.24, 2.45) is 0 Å². The highest BCUT2D eigenvalue weighted by Gasteiger charge is 2.04. The van der Waals surface area contributed by atoms with E-state index < -0.39 is 0 Å². The molecule has 2 N–H and O–H groups in total. The minimum absolute atomic E-state index is 0.404. The average molecular weight is 237 g/mol. The second kappa shape index (κ2) is 7.06. The van der Waals surface area contributed by atoms with Gasteiger partial charge in [-0.2, -0.15) is 0 Å². The summed E-state index contributed by atoms with van der Waals surface area (Å²) in [5.74, 6) is 1.74. The molecule has 1 atom stereocenters. The minimum Gasteiger partial charge on any atom is -0.370 e. The molecule has 0 spiro atoms. The summed E-state index contributed by atoms with van der Waals surface area (Å²) >= 11 is 0. The van der Waals surface area contributed by atoms with E-state index in [1.165, 1.54) is 0 Å². The van der Waals surface area contributed by atoms with Gasteiger partial charge >= 0.3 is 0 Å². The summed E-state index contributed by atoms with van der Waals surface area (Å²) in [6.45, 7) is 6.15. The van der Waals surface area contributed by atoms with Gasteiger partial charge in [-0.05, 0) is 40.9 Å². The SMILES string of the molecule is CCNc1cc(NC(C)CCN(C)C)ncn1. The van der Waals surface area contributed by atoms with Crippen LogP contribution in [0.3, 0.4) is 0 Å². The molecule has 0 radical (unpaired) electrons. The van der Waals surface area contributed by atoms with E-state index in [-0.39, 0.29) is 0 Å². The number of nitrogens with one attached hydrogen (secondary N) is 2. The van der Waals surface area contributed by atoms with E-state index in [1.807, 2.05) is 6.07 Å². The maximum absolute atomic E-state index is 4.21. The molecule has 5 heteroatoms. The van der Waals surface area contributed by atoms with Gasteiger partial charge in [0, 0.05) is 18.7 Å². The van der Waals surface area contributed by atoms with E-state index in [4.69, 9.17) is 0 Å². The highest BCUT2D eigenvalue weighted by atomic mass is 15.1. The average Bonchev–Trinajstić information content (AvgIpc) is 2.27. The van der Waals surface area contributed by atoms with E-state index in [2.05, 4.69) is 53.4 Å². The second-order valence-electron chi connectivity index (χ2n) is 4.46. The van der Waals surface area contributed by atoms with Crippen LogP contribution in [-0.4, -0.2) is 48.1 Å². The number of anilines is 2. The zero-order valence-electron chi connectivity index (χ0n) is 11.2.